The quantitative estimate of drug-likeness (QED) is 0.818. The number of hydrogen-bond acceptors (Lipinski definition) is 5. The summed E-state index contributed by atoms with van der Waals surface area (Å²) < 4.78 is 7.33. The molecule has 6 heteroatoms. The summed E-state index contributed by atoms with van der Waals surface area (Å²) in [4.78, 5) is 11.5. The molecule has 0 amide bonds. The molecular formula is C14H21N5O. The summed E-state index contributed by atoms with van der Waals surface area (Å²) in [6, 6.07) is 0. The summed E-state index contributed by atoms with van der Waals surface area (Å²) in [6.45, 7) is 7.67. The molecule has 3 heterocycles. The van der Waals surface area contributed by atoms with Crippen LogP contribution in [-0.4, -0.2) is 57.5 Å². The Kier molecular flexibility index (Phi) is 4.22. The maximum atomic E-state index is 5.36. The van der Waals surface area contributed by atoms with Crippen LogP contribution in [-0.2, 0) is 17.7 Å². The molecule has 1 saturated heterocycles. The molecule has 108 valence electrons. The zero-order valence-corrected chi connectivity index (χ0v) is 12.0. The van der Waals surface area contributed by atoms with Crippen molar-refractivity contribution in [3.05, 3.63) is 18.1 Å². The highest BCUT2D eigenvalue weighted by Crippen LogP contribution is 2.10. The summed E-state index contributed by atoms with van der Waals surface area (Å²) >= 11 is 0. The van der Waals surface area contributed by atoms with Gasteiger partial charge >= 0.3 is 0 Å². The van der Waals surface area contributed by atoms with E-state index in [2.05, 4.69) is 26.9 Å². The lowest BCUT2D eigenvalue weighted by Crippen LogP contribution is -2.38. The summed E-state index contributed by atoms with van der Waals surface area (Å²) in [5, 5.41) is 4.41. The maximum Gasteiger partial charge on any atom is 0.177 e. The van der Waals surface area contributed by atoms with Gasteiger partial charge in [-0.1, -0.05) is 13.3 Å². The Bertz CT molecular complexity index is 562. The molecular weight excluding hydrogens is 254 g/mol. The zero-order valence-electron chi connectivity index (χ0n) is 12.0. The maximum absolute atomic E-state index is 5.36. The molecule has 0 bridgehead atoms. The molecule has 1 aliphatic heterocycles. The average molecular weight is 275 g/mol. The number of nitrogens with zero attached hydrogens (tertiary/aromatic N) is 5. The molecule has 0 unspecified atom stereocenters. The zero-order chi connectivity index (χ0) is 13.8. The van der Waals surface area contributed by atoms with Crippen LogP contribution >= 0.6 is 0 Å². The van der Waals surface area contributed by atoms with Crippen LogP contribution in [0.15, 0.2) is 12.4 Å². The number of fused-ring (bicyclic) bond motifs is 1. The van der Waals surface area contributed by atoms with Crippen LogP contribution in [0.4, 0.5) is 0 Å². The molecule has 1 aliphatic rings. The molecule has 2 aromatic heterocycles. The second-order valence-corrected chi connectivity index (χ2v) is 5.14. The second kappa shape index (κ2) is 6.28. The minimum Gasteiger partial charge on any atom is -0.379 e. The minimum atomic E-state index is 0.834. The van der Waals surface area contributed by atoms with E-state index in [0.29, 0.717) is 0 Å². The van der Waals surface area contributed by atoms with Crippen molar-refractivity contribution in [1.29, 1.82) is 0 Å². The fourth-order valence-corrected chi connectivity index (χ4v) is 2.49. The van der Waals surface area contributed by atoms with E-state index in [-0.39, 0.29) is 0 Å². The third-order valence-electron chi connectivity index (χ3n) is 3.63. The van der Waals surface area contributed by atoms with Gasteiger partial charge < -0.3 is 4.74 Å². The largest absolute Gasteiger partial charge is 0.379 e. The molecule has 1 fully saturated rings. The third-order valence-corrected chi connectivity index (χ3v) is 3.63. The van der Waals surface area contributed by atoms with Gasteiger partial charge in [-0.3, -0.25) is 4.90 Å². The lowest BCUT2D eigenvalue weighted by molar-refractivity contribution is 0.0361. The molecule has 6 nitrogen and oxygen atoms in total. The Labute approximate surface area is 118 Å². The van der Waals surface area contributed by atoms with Crippen molar-refractivity contribution in [3.8, 4) is 0 Å². The molecule has 20 heavy (non-hydrogen) atoms. The van der Waals surface area contributed by atoms with Crippen molar-refractivity contribution in [2.24, 2.45) is 0 Å². The SMILES string of the molecule is CCCc1cnc2cnn(CCN3CCOCC3)c2n1. The van der Waals surface area contributed by atoms with Gasteiger partial charge in [-0.05, 0) is 6.42 Å². The first kappa shape index (κ1) is 13.5. The predicted octanol–water partition coefficient (Wildman–Crippen LogP) is 1.11. The molecule has 0 saturated carbocycles. The van der Waals surface area contributed by atoms with E-state index in [9.17, 15) is 0 Å². The van der Waals surface area contributed by atoms with E-state index in [1.165, 1.54) is 0 Å². The number of morpholine rings is 1. The van der Waals surface area contributed by atoms with Crippen molar-refractivity contribution in [3.63, 3.8) is 0 Å². The van der Waals surface area contributed by atoms with Crippen molar-refractivity contribution in [1.82, 2.24) is 24.6 Å². The lowest BCUT2D eigenvalue weighted by Gasteiger charge is -2.26. The molecule has 0 aromatic carbocycles. The smallest absolute Gasteiger partial charge is 0.177 e. The molecule has 2 aromatic rings. The van der Waals surface area contributed by atoms with Crippen molar-refractivity contribution >= 4 is 11.2 Å². The van der Waals surface area contributed by atoms with Crippen molar-refractivity contribution in [2.45, 2.75) is 26.3 Å². The van der Waals surface area contributed by atoms with E-state index < -0.39 is 0 Å². The number of aromatic nitrogens is 4. The second-order valence-electron chi connectivity index (χ2n) is 5.14. The van der Waals surface area contributed by atoms with Crippen LogP contribution < -0.4 is 0 Å². The summed E-state index contributed by atoms with van der Waals surface area (Å²) in [7, 11) is 0. The first-order valence-electron chi connectivity index (χ1n) is 7.34. The van der Waals surface area contributed by atoms with Crippen LogP contribution in [0.5, 0.6) is 0 Å². The Morgan fingerprint density at radius 3 is 2.85 bits per heavy atom. The van der Waals surface area contributed by atoms with E-state index in [1.807, 2.05) is 10.9 Å². The van der Waals surface area contributed by atoms with E-state index in [1.54, 1.807) is 6.20 Å². The highest BCUT2D eigenvalue weighted by molar-refractivity contribution is 5.69. The highest BCUT2D eigenvalue weighted by atomic mass is 16.5. The van der Waals surface area contributed by atoms with Crippen molar-refractivity contribution < 1.29 is 4.74 Å². The van der Waals surface area contributed by atoms with Gasteiger partial charge in [0.05, 0.1) is 31.6 Å². The molecule has 0 N–H and O–H groups in total. The first-order chi connectivity index (χ1) is 9.86. The molecule has 0 spiro atoms. The van der Waals surface area contributed by atoms with E-state index >= 15 is 0 Å². The molecule has 0 atom stereocenters. The minimum absolute atomic E-state index is 0.834. The Hall–Kier alpha value is -1.53. The Balaban J connectivity index is 1.71. The van der Waals surface area contributed by atoms with E-state index in [0.717, 1.165) is 69.1 Å². The van der Waals surface area contributed by atoms with Gasteiger partial charge in [0.25, 0.3) is 0 Å². The Morgan fingerprint density at radius 1 is 1.20 bits per heavy atom. The topological polar surface area (TPSA) is 56.1 Å². The number of rotatable bonds is 5. The van der Waals surface area contributed by atoms with Gasteiger partial charge in [-0.25, -0.2) is 14.6 Å². The van der Waals surface area contributed by atoms with Gasteiger partial charge in [-0.2, -0.15) is 5.10 Å². The lowest BCUT2D eigenvalue weighted by atomic mass is 10.3. The van der Waals surface area contributed by atoms with Gasteiger partial charge in [0, 0.05) is 25.8 Å². The summed E-state index contributed by atoms with van der Waals surface area (Å²) in [5.74, 6) is 0. The first-order valence-corrected chi connectivity index (χ1v) is 7.34. The third kappa shape index (κ3) is 2.96. The van der Waals surface area contributed by atoms with E-state index in [4.69, 9.17) is 4.74 Å². The highest BCUT2D eigenvalue weighted by Gasteiger charge is 2.12. The molecule has 3 rings (SSSR count). The number of ether oxygens (including phenoxy) is 1. The molecule has 0 aliphatic carbocycles. The standard InChI is InChI=1S/C14H21N5O/c1-2-3-12-10-15-13-11-16-19(14(13)17-12)5-4-18-6-8-20-9-7-18/h10-11H,2-9H2,1H3. The fourth-order valence-electron chi connectivity index (χ4n) is 2.49. The Morgan fingerprint density at radius 2 is 2.05 bits per heavy atom. The fraction of sp³-hybridized carbons (Fsp3) is 0.643. The van der Waals surface area contributed by atoms with Gasteiger partial charge in [0.15, 0.2) is 5.65 Å². The summed E-state index contributed by atoms with van der Waals surface area (Å²) in [6.07, 6.45) is 5.72. The number of aryl methyl sites for hydroxylation is 1. The van der Waals surface area contributed by atoms with Crippen LogP contribution in [0.25, 0.3) is 11.2 Å². The average Bonchev–Trinajstić information content (AvgIpc) is 2.89. The number of hydrogen-bond donors (Lipinski definition) is 0. The normalized spacial score (nSPS) is 16.9. The monoisotopic (exact) mass is 275 g/mol. The van der Waals surface area contributed by atoms with Crippen LogP contribution in [0, 0.1) is 0 Å². The van der Waals surface area contributed by atoms with Crippen LogP contribution in [0.1, 0.15) is 19.0 Å². The molecule has 0 radical (unpaired) electrons. The van der Waals surface area contributed by atoms with Gasteiger partial charge in [0.2, 0.25) is 0 Å². The summed E-state index contributed by atoms with van der Waals surface area (Å²) in [5.41, 5.74) is 2.84. The van der Waals surface area contributed by atoms with Gasteiger partial charge in [-0.15, -0.1) is 0 Å². The predicted molar refractivity (Wildman–Crippen MR) is 76.6 cm³/mol. The van der Waals surface area contributed by atoms with Crippen molar-refractivity contribution in [2.75, 3.05) is 32.8 Å². The van der Waals surface area contributed by atoms with Gasteiger partial charge in [0.1, 0.15) is 5.52 Å². The van der Waals surface area contributed by atoms with Crippen LogP contribution in [0.2, 0.25) is 0 Å². The van der Waals surface area contributed by atoms with Crippen LogP contribution in [0.3, 0.4) is 0 Å².